The third kappa shape index (κ3) is 6.54. The Hall–Kier alpha value is -1.46. The molecule has 0 bridgehead atoms. The first-order chi connectivity index (χ1) is 10.4. The van der Waals surface area contributed by atoms with Crippen LogP contribution >= 0.6 is 23.2 Å². The molecular formula is C15H20Cl2N2O3. The molecule has 1 rings (SSSR count). The van der Waals surface area contributed by atoms with E-state index >= 15 is 0 Å². The van der Waals surface area contributed by atoms with Gasteiger partial charge in [0.15, 0.2) is 0 Å². The summed E-state index contributed by atoms with van der Waals surface area (Å²) in [7, 11) is 0. The molecule has 0 radical (unpaired) electrons. The highest BCUT2D eigenvalue weighted by Crippen LogP contribution is 2.21. The Balaban J connectivity index is 2.47. The Bertz CT molecular complexity index is 524. The van der Waals surface area contributed by atoms with Gasteiger partial charge in [-0.25, -0.2) is 4.79 Å². The number of amides is 2. The maximum absolute atomic E-state index is 11.6. The third-order valence-corrected chi connectivity index (χ3v) is 3.62. The minimum Gasteiger partial charge on any atom is -0.450 e. The van der Waals surface area contributed by atoms with E-state index in [1.54, 1.807) is 24.0 Å². The summed E-state index contributed by atoms with van der Waals surface area (Å²) in [6.45, 7) is 4.82. The SMILES string of the molecule is CCOC(=O)NCCN(CCc1ccc(Cl)cc1Cl)C(C)=O. The summed E-state index contributed by atoms with van der Waals surface area (Å²) in [5.74, 6) is -0.0595. The molecule has 0 saturated heterocycles. The van der Waals surface area contributed by atoms with Crippen LogP contribution in [0.3, 0.4) is 0 Å². The predicted molar refractivity (Wildman–Crippen MR) is 87.4 cm³/mol. The number of rotatable bonds is 7. The van der Waals surface area contributed by atoms with E-state index in [4.69, 9.17) is 27.9 Å². The van der Waals surface area contributed by atoms with Crippen molar-refractivity contribution in [3.8, 4) is 0 Å². The summed E-state index contributed by atoms with van der Waals surface area (Å²) < 4.78 is 4.76. The molecule has 1 aromatic rings. The van der Waals surface area contributed by atoms with Crippen molar-refractivity contribution in [3.63, 3.8) is 0 Å². The van der Waals surface area contributed by atoms with Gasteiger partial charge in [0.2, 0.25) is 5.91 Å². The van der Waals surface area contributed by atoms with Crippen molar-refractivity contribution in [1.82, 2.24) is 10.2 Å². The molecule has 0 heterocycles. The van der Waals surface area contributed by atoms with Gasteiger partial charge in [0.25, 0.3) is 0 Å². The van der Waals surface area contributed by atoms with E-state index in [1.165, 1.54) is 6.92 Å². The first-order valence-electron chi connectivity index (χ1n) is 7.04. The Morgan fingerprint density at radius 3 is 2.59 bits per heavy atom. The van der Waals surface area contributed by atoms with E-state index < -0.39 is 6.09 Å². The third-order valence-electron chi connectivity index (χ3n) is 3.04. The van der Waals surface area contributed by atoms with Crippen LogP contribution in [-0.2, 0) is 16.0 Å². The molecule has 2 amide bonds. The van der Waals surface area contributed by atoms with Gasteiger partial charge >= 0.3 is 6.09 Å². The fraction of sp³-hybridized carbons (Fsp3) is 0.467. The minimum atomic E-state index is -0.480. The Kier molecular flexibility index (Phi) is 8.06. The molecule has 0 aliphatic heterocycles. The van der Waals surface area contributed by atoms with Crippen LogP contribution in [0.4, 0.5) is 4.79 Å². The molecule has 0 saturated carbocycles. The van der Waals surface area contributed by atoms with Gasteiger partial charge in [-0.05, 0) is 31.0 Å². The number of carbonyl (C=O) groups is 2. The summed E-state index contributed by atoms with van der Waals surface area (Å²) >= 11 is 12.0. The van der Waals surface area contributed by atoms with Crippen LogP contribution < -0.4 is 5.32 Å². The summed E-state index contributed by atoms with van der Waals surface area (Å²) in [6.07, 6.45) is 0.140. The Morgan fingerprint density at radius 2 is 2.00 bits per heavy atom. The number of carbonyl (C=O) groups excluding carboxylic acids is 2. The van der Waals surface area contributed by atoms with Gasteiger partial charge < -0.3 is 15.0 Å². The monoisotopic (exact) mass is 346 g/mol. The van der Waals surface area contributed by atoms with Crippen molar-refractivity contribution in [2.24, 2.45) is 0 Å². The second-order valence-electron chi connectivity index (χ2n) is 4.64. The van der Waals surface area contributed by atoms with E-state index in [1.807, 2.05) is 6.07 Å². The number of nitrogens with one attached hydrogen (secondary N) is 1. The van der Waals surface area contributed by atoms with Gasteiger partial charge in [0, 0.05) is 36.6 Å². The average molecular weight is 347 g/mol. The number of benzene rings is 1. The smallest absolute Gasteiger partial charge is 0.407 e. The maximum atomic E-state index is 11.6. The Labute approximate surface area is 140 Å². The summed E-state index contributed by atoms with van der Waals surface area (Å²) in [4.78, 5) is 24.5. The van der Waals surface area contributed by atoms with E-state index in [0.717, 1.165) is 5.56 Å². The van der Waals surface area contributed by atoms with Crippen molar-refractivity contribution < 1.29 is 14.3 Å². The van der Waals surface area contributed by atoms with Crippen LogP contribution in [0.15, 0.2) is 18.2 Å². The van der Waals surface area contributed by atoms with Gasteiger partial charge in [-0.2, -0.15) is 0 Å². The number of ether oxygens (including phenoxy) is 1. The fourth-order valence-electron chi connectivity index (χ4n) is 1.88. The quantitative estimate of drug-likeness (QED) is 0.824. The lowest BCUT2D eigenvalue weighted by Gasteiger charge is -2.21. The number of halogens is 2. The molecule has 1 N–H and O–H groups in total. The van der Waals surface area contributed by atoms with Crippen molar-refractivity contribution in [2.45, 2.75) is 20.3 Å². The molecule has 122 valence electrons. The number of nitrogens with zero attached hydrogens (tertiary/aromatic N) is 1. The van der Waals surface area contributed by atoms with Crippen LogP contribution in [0.2, 0.25) is 10.0 Å². The normalized spacial score (nSPS) is 10.2. The zero-order valence-corrected chi connectivity index (χ0v) is 14.2. The van der Waals surface area contributed by atoms with Crippen molar-refractivity contribution >= 4 is 35.2 Å². The summed E-state index contributed by atoms with van der Waals surface area (Å²) in [5.41, 5.74) is 0.927. The van der Waals surface area contributed by atoms with Crippen molar-refractivity contribution in [1.29, 1.82) is 0 Å². The van der Waals surface area contributed by atoms with E-state index in [2.05, 4.69) is 5.32 Å². The van der Waals surface area contributed by atoms with Gasteiger partial charge in [0.05, 0.1) is 6.61 Å². The van der Waals surface area contributed by atoms with Gasteiger partial charge in [0.1, 0.15) is 0 Å². The summed E-state index contributed by atoms with van der Waals surface area (Å²) in [6, 6.07) is 5.29. The molecule has 0 aliphatic rings. The first-order valence-corrected chi connectivity index (χ1v) is 7.79. The lowest BCUT2D eigenvalue weighted by molar-refractivity contribution is -0.128. The fourth-order valence-corrected chi connectivity index (χ4v) is 2.38. The Morgan fingerprint density at radius 1 is 1.27 bits per heavy atom. The van der Waals surface area contributed by atoms with Crippen LogP contribution in [0.1, 0.15) is 19.4 Å². The zero-order valence-electron chi connectivity index (χ0n) is 12.7. The lowest BCUT2D eigenvalue weighted by atomic mass is 10.1. The van der Waals surface area contributed by atoms with Gasteiger partial charge in [-0.3, -0.25) is 4.79 Å². The molecule has 7 heteroatoms. The molecule has 0 atom stereocenters. The standard InChI is InChI=1S/C15H20Cl2N2O3/c1-3-22-15(21)18-7-9-19(11(2)20)8-6-12-4-5-13(16)10-14(12)17/h4-5,10H,3,6-9H2,1-2H3,(H,18,21). The minimum absolute atomic E-state index is 0.0595. The average Bonchev–Trinajstić information content (AvgIpc) is 2.44. The first kappa shape index (κ1) is 18.6. The number of hydrogen-bond acceptors (Lipinski definition) is 3. The molecule has 0 fully saturated rings. The highest BCUT2D eigenvalue weighted by atomic mass is 35.5. The van der Waals surface area contributed by atoms with Crippen LogP contribution in [0.5, 0.6) is 0 Å². The lowest BCUT2D eigenvalue weighted by Crippen LogP contribution is -2.38. The molecule has 0 aliphatic carbocycles. The van der Waals surface area contributed by atoms with E-state index in [0.29, 0.717) is 42.7 Å². The van der Waals surface area contributed by atoms with Crippen molar-refractivity contribution in [3.05, 3.63) is 33.8 Å². The second-order valence-corrected chi connectivity index (χ2v) is 5.48. The van der Waals surface area contributed by atoms with Gasteiger partial charge in [-0.15, -0.1) is 0 Å². The van der Waals surface area contributed by atoms with E-state index in [9.17, 15) is 9.59 Å². The molecule has 1 aromatic carbocycles. The second kappa shape index (κ2) is 9.54. The van der Waals surface area contributed by atoms with E-state index in [-0.39, 0.29) is 5.91 Å². The zero-order chi connectivity index (χ0) is 16.5. The highest BCUT2D eigenvalue weighted by Gasteiger charge is 2.11. The topological polar surface area (TPSA) is 58.6 Å². The predicted octanol–water partition coefficient (Wildman–Crippen LogP) is 3.13. The summed E-state index contributed by atoms with van der Waals surface area (Å²) in [5, 5.41) is 3.75. The molecular weight excluding hydrogens is 327 g/mol. The molecule has 0 aromatic heterocycles. The van der Waals surface area contributed by atoms with Crippen LogP contribution in [0.25, 0.3) is 0 Å². The number of hydrogen-bond donors (Lipinski definition) is 1. The van der Waals surface area contributed by atoms with Crippen LogP contribution in [-0.4, -0.2) is 43.1 Å². The highest BCUT2D eigenvalue weighted by molar-refractivity contribution is 6.35. The molecule has 0 unspecified atom stereocenters. The molecule has 5 nitrogen and oxygen atoms in total. The maximum Gasteiger partial charge on any atom is 0.407 e. The molecule has 22 heavy (non-hydrogen) atoms. The number of alkyl carbamates (subject to hydrolysis) is 1. The van der Waals surface area contributed by atoms with Gasteiger partial charge in [-0.1, -0.05) is 29.3 Å². The largest absolute Gasteiger partial charge is 0.450 e. The van der Waals surface area contributed by atoms with Crippen molar-refractivity contribution in [2.75, 3.05) is 26.2 Å². The van der Waals surface area contributed by atoms with Crippen LogP contribution in [0, 0.1) is 0 Å². The molecule has 0 spiro atoms.